The van der Waals surface area contributed by atoms with Gasteiger partial charge in [0.1, 0.15) is 0 Å². The van der Waals surface area contributed by atoms with Crippen molar-refractivity contribution in [1.82, 2.24) is 9.97 Å². The molecule has 2 heterocycles. The Bertz CT molecular complexity index is 516. The van der Waals surface area contributed by atoms with Crippen molar-refractivity contribution in [3.05, 3.63) is 34.9 Å². The first-order valence-corrected chi connectivity index (χ1v) is 6.24. The van der Waals surface area contributed by atoms with Crippen molar-refractivity contribution in [3.63, 3.8) is 0 Å². The van der Waals surface area contributed by atoms with Crippen LogP contribution in [0.5, 0.6) is 5.88 Å². The predicted molar refractivity (Wildman–Crippen MR) is 65.2 cm³/mol. The SMILES string of the molecule is FC(F)(F)COc1cc(NCc2cscn2)ccn1. The largest absolute Gasteiger partial charge is 0.468 e. The summed E-state index contributed by atoms with van der Waals surface area (Å²) >= 11 is 1.48. The number of alkyl halides is 3. The molecule has 4 nitrogen and oxygen atoms in total. The molecule has 1 N–H and O–H groups in total. The van der Waals surface area contributed by atoms with Gasteiger partial charge in [0.05, 0.1) is 17.7 Å². The zero-order valence-electron chi connectivity index (χ0n) is 9.65. The Morgan fingerprint density at radius 2 is 2.16 bits per heavy atom. The molecule has 2 rings (SSSR count). The van der Waals surface area contributed by atoms with Crippen LogP contribution in [0.2, 0.25) is 0 Å². The van der Waals surface area contributed by atoms with Gasteiger partial charge in [-0.15, -0.1) is 11.3 Å². The van der Waals surface area contributed by atoms with Gasteiger partial charge in [-0.3, -0.25) is 0 Å². The van der Waals surface area contributed by atoms with Crippen LogP contribution in [0.1, 0.15) is 5.69 Å². The third kappa shape index (κ3) is 4.74. The number of hydrogen-bond donors (Lipinski definition) is 1. The molecule has 0 aliphatic rings. The zero-order chi connectivity index (χ0) is 13.7. The second kappa shape index (κ2) is 5.87. The van der Waals surface area contributed by atoms with Gasteiger partial charge in [-0.25, -0.2) is 9.97 Å². The van der Waals surface area contributed by atoms with Crippen molar-refractivity contribution in [2.45, 2.75) is 12.7 Å². The second-order valence-electron chi connectivity index (χ2n) is 3.62. The lowest BCUT2D eigenvalue weighted by atomic mass is 10.4. The van der Waals surface area contributed by atoms with Crippen molar-refractivity contribution in [3.8, 4) is 5.88 Å². The van der Waals surface area contributed by atoms with Gasteiger partial charge in [-0.1, -0.05) is 0 Å². The van der Waals surface area contributed by atoms with Crippen molar-refractivity contribution < 1.29 is 17.9 Å². The second-order valence-corrected chi connectivity index (χ2v) is 4.34. The number of anilines is 1. The number of halogens is 3. The van der Waals surface area contributed by atoms with E-state index in [1.54, 1.807) is 11.6 Å². The minimum absolute atomic E-state index is 0.0689. The normalized spacial score (nSPS) is 11.3. The van der Waals surface area contributed by atoms with Crippen LogP contribution in [0.15, 0.2) is 29.2 Å². The van der Waals surface area contributed by atoms with E-state index in [0.717, 1.165) is 5.69 Å². The molecule has 2 aromatic rings. The summed E-state index contributed by atoms with van der Waals surface area (Å²) in [6.45, 7) is -0.859. The molecule has 19 heavy (non-hydrogen) atoms. The molecule has 0 bridgehead atoms. The quantitative estimate of drug-likeness (QED) is 0.919. The molecular formula is C11H10F3N3OS. The van der Waals surface area contributed by atoms with Gasteiger partial charge in [0, 0.05) is 23.3 Å². The van der Waals surface area contributed by atoms with Crippen molar-refractivity contribution in [2.75, 3.05) is 11.9 Å². The van der Waals surface area contributed by atoms with Crippen LogP contribution in [-0.2, 0) is 6.54 Å². The first kappa shape index (κ1) is 13.6. The van der Waals surface area contributed by atoms with E-state index in [9.17, 15) is 13.2 Å². The van der Waals surface area contributed by atoms with Gasteiger partial charge in [-0.05, 0) is 6.07 Å². The lowest BCUT2D eigenvalue weighted by molar-refractivity contribution is -0.154. The summed E-state index contributed by atoms with van der Waals surface area (Å²) in [5, 5.41) is 4.91. The van der Waals surface area contributed by atoms with E-state index in [2.05, 4.69) is 20.0 Å². The summed E-state index contributed by atoms with van der Waals surface area (Å²) in [6, 6.07) is 3.06. The molecule has 2 aromatic heterocycles. The van der Waals surface area contributed by atoms with E-state index in [4.69, 9.17) is 0 Å². The topological polar surface area (TPSA) is 47.0 Å². The molecule has 0 amide bonds. The van der Waals surface area contributed by atoms with Gasteiger partial charge in [0.25, 0.3) is 0 Å². The smallest absolute Gasteiger partial charge is 0.422 e. The first-order valence-electron chi connectivity index (χ1n) is 5.29. The lowest BCUT2D eigenvalue weighted by Gasteiger charge is -2.10. The summed E-state index contributed by atoms with van der Waals surface area (Å²) in [6.07, 6.45) is -2.99. The van der Waals surface area contributed by atoms with Crippen LogP contribution in [0.25, 0.3) is 0 Å². The summed E-state index contributed by atoms with van der Waals surface area (Å²) in [4.78, 5) is 7.79. The highest BCUT2D eigenvalue weighted by Crippen LogP contribution is 2.19. The number of hydrogen-bond acceptors (Lipinski definition) is 5. The molecule has 0 aliphatic carbocycles. The Labute approximate surface area is 111 Å². The average molecular weight is 289 g/mol. The number of nitrogens with one attached hydrogen (secondary N) is 1. The van der Waals surface area contributed by atoms with Crippen LogP contribution >= 0.6 is 11.3 Å². The van der Waals surface area contributed by atoms with Crippen LogP contribution in [0.3, 0.4) is 0 Å². The maximum Gasteiger partial charge on any atom is 0.422 e. The van der Waals surface area contributed by atoms with Crippen molar-refractivity contribution in [2.24, 2.45) is 0 Å². The Morgan fingerprint density at radius 1 is 1.32 bits per heavy atom. The molecular weight excluding hydrogens is 279 g/mol. The number of pyridine rings is 1. The highest BCUT2D eigenvalue weighted by molar-refractivity contribution is 7.07. The predicted octanol–water partition coefficient (Wildman–Crippen LogP) is 3.09. The van der Waals surface area contributed by atoms with E-state index in [1.807, 2.05) is 5.38 Å². The molecule has 8 heteroatoms. The summed E-state index contributed by atoms with van der Waals surface area (Å²) in [7, 11) is 0. The molecule has 0 radical (unpaired) electrons. The highest BCUT2D eigenvalue weighted by Gasteiger charge is 2.28. The molecule has 0 saturated carbocycles. The maximum atomic E-state index is 12.0. The monoisotopic (exact) mass is 289 g/mol. The third-order valence-corrected chi connectivity index (χ3v) is 2.71. The van der Waals surface area contributed by atoms with Crippen molar-refractivity contribution in [1.29, 1.82) is 0 Å². The Hall–Kier alpha value is -1.83. The summed E-state index contributed by atoms with van der Waals surface area (Å²) in [5.41, 5.74) is 3.20. The maximum absolute atomic E-state index is 12.0. The minimum atomic E-state index is -4.37. The van der Waals surface area contributed by atoms with Crippen LogP contribution in [-0.4, -0.2) is 22.8 Å². The Balaban J connectivity index is 1.91. The van der Waals surface area contributed by atoms with Crippen LogP contribution in [0.4, 0.5) is 18.9 Å². The number of thiazole rings is 1. The number of nitrogens with zero attached hydrogens (tertiary/aromatic N) is 2. The molecule has 0 spiro atoms. The van der Waals surface area contributed by atoms with E-state index >= 15 is 0 Å². The fraction of sp³-hybridized carbons (Fsp3) is 0.273. The average Bonchev–Trinajstić information content (AvgIpc) is 2.87. The summed E-state index contributed by atoms with van der Waals surface area (Å²) in [5.74, 6) is -0.0689. The van der Waals surface area contributed by atoms with Gasteiger partial charge in [-0.2, -0.15) is 13.2 Å². The molecule has 0 aliphatic heterocycles. The van der Waals surface area contributed by atoms with Gasteiger partial charge in [0.2, 0.25) is 5.88 Å². The number of ether oxygens (including phenoxy) is 1. The highest BCUT2D eigenvalue weighted by atomic mass is 32.1. The van der Waals surface area contributed by atoms with Gasteiger partial charge < -0.3 is 10.1 Å². The first-order chi connectivity index (χ1) is 9.03. The minimum Gasteiger partial charge on any atom is -0.468 e. The molecule has 0 atom stereocenters. The van der Waals surface area contributed by atoms with Crippen LogP contribution < -0.4 is 10.1 Å². The van der Waals surface area contributed by atoms with E-state index in [0.29, 0.717) is 12.2 Å². The Kier molecular flexibility index (Phi) is 4.20. The lowest BCUT2D eigenvalue weighted by Crippen LogP contribution is -2.19. The van der Waals surface area contributed by atoms with E-state index < -0.39 is 12.8 Å². The molecule has 102 valence electrons. The zero-order valence-corrected chi connectivity index (χ0v) is 10.5. The van der Waals surface area contributed by atoms with Crippen molar-refractivity contribution >= 4 is 17.0 Å². The number of rotatable bonds is 5. The van der Waals surface area contributed by atoms with Crippen LogP contribution in [0, 0.1) is 0 Å². The van der Waals surface area contributed by atoms with Gasteiger partial charge in [0.15, 0.2) is 6.61 Å². The molecule has 0 unspecified atom stereocenters. The van der Waals surface area contributed by atoms with Gasteiger partial charge >= 0.3 is 6.18 Å². The molecule has 0 fully saturated rings. The van der Waals surface area contributed by atoms with E-state index in [-0.39, 0.29) is 5.88 Å². The number of aromatic nitrogens is 2. The fourth-order valence-corrected chi connectivity index (χ4v) is 1.83. The molecule has 0 saturated heterocycles. The standard InChI is InChI=1S/C11H10F3N3OS/c12-11(13,14)6-18-10-3-8(1-2-15-10)16-4-9-5-19-7-17-9/h1-3,5,7H,4,6H2,(H,15,16). The summed E-state index contributed by atoms with van der Waals surface area (Å²) < 4.78 is 40.6. The van der Waals surface area contributed by atoms with E-state index in [1.165, 1.54) is 23.6 Å². The Morgan fingerprint density at radius 3 is 2.84 bits per heavy atom. The fourth-order valence-electron chi connectivity index (χ4n) is 1.27. The molecule has 0 aromatic carbocycles. The third-order valence-electron chi connectivity index (χ3n) is 2.08.